The minimum Gasteiger partial charge on any atom is -0.369 e. The summed E-state index contributed by atoms with van der Waals surface area (Å²) in [6, 6.07) is 18.1. The van der Waals surface area contributed by atoms with Gasteiger partial charge in [0.05, 0.1) is 0 Å². The molecule has 0 aliphatic carbocycles. The van der Waals surface area contributed by atoms with Crippen LogP contribution in [0.25, 0.3) is 0 Å². The highest BCUT2D eigenvalue weighted by Crippen LogP contribution is 2.28. The summed E-state index contributed by atoms with van der Waals surface area (Å²) in [5.41, 5.74) is 5.58. The number of rotatable bonds is 4. The fourth-order valence-electron chi connectivity index (χ4n) is 3.18. The van der Waals surface area contributed by atoms with Crippen LogP contribution in [0, 0.1) is 6.92 Å². The van der Waals surface area contributed by atoms with Gasteiger partial charge in [0.25, 0.3) is 0 Å². The molecule has 0 saturated heterocycles. The zero-order valence-electron chi connectivity index (χ0n) is 13.0. The van der Waals surface area contributed by atoms with Gasteiger partial charge in [-0.3, -0.25) is 0 Å². The number of hydrogen-bond donors (Lipinski definition) is 1. The molecule has 0 saturated carbocycles. The van der Waals surface area contributed by atoms with Crippen LogP contribution in [0.1, 0.15) is 29.2 Å². The molecular weight excluding hydrogens is 256 g/mol. The topological polar surface area (TPSA) is 15.3 Å². The van der Waals surface area contributed by atoms with Crippen LogP contribution in [0.3, 0.4) is 0 Å². The zero-order valence-corrected chi connectivity index (χ0v) is 13.0. The van der Waals surface area contributed by atoms with Crippen LogP contribution in [0.5, 0.6) is 0 Å². The van der Waals surface area contributed by atoms with Crippen molar-refractivity contribution in [2.24, 2.45) is 0 Å². The van der Waals surface area contributed by atoms with Crippen molar-refractivity contribution in [3.63, 3.8) is 0 Å². The Hall–Kier alpha value is -1.80. The molecule has 1 N–H and O–H groups in total. The molecule has 2 heteroatoms. The number of anilines is 1. The van der Waals surface area contributed by atoms with E-state index >= 15 is 0 Å². The molecule has 0 amide bonds. The van der Waals surface area contributed by atoms with Crippen molar-refractivity contribution in [1.82, 2.24) is 5.32 Å². The smallest absolute Gasteiger partial charge is 0.0495 e. The average Bonchev–Trinajstić information content (AvgIpc) is 2.54. The van der Waals surface area contributed by atoms with Gasteiger partial charge in [-0.1, -0.05) is 48.0 Å². The Kier molecular flexibility index (Phi) is 4.26. The monoisotopic (exact) mass is 280 g/mol. The summed E-state index contributed by atoms with van der Waals surface area (Å²) in [6.07, 6.45) is 2.46. The van der Waals surface area contributed by atoms with Crippen molar-refractivity contribution in [3.8, 4) is 0 Å². The van der Waals surface area contributed by atoms with Crippen molar-refractivity contribution in [2.75, 3.05) is 25.0 Å². The minimum atomic E-state index is 0.372. The molecule has 1 heterocycles. The van der Waals surface area contributed by atoms with Gasteiger partial charge in [0.1, 0.15) is 0 Å². The van der Waals surface area contributed by atoms with Crippen LogP contribution < -0.4 is 10.2 Å². The molecule has 0 spiro atoms. The molecule has 1 aliphatic heterocycles. The first-order valence-electron chi connectivity index (χ1n) is 7.84. The molecule has 0 fully saturated rings. The van der Waals surface area contributed by atoms with E-state index in [1.165, 1.54) is 35.2 Å². The van der Waals surface area contributed by atoms with Crippen LogP contribution in [-0.2, 0) is 6.42 Å². The third kappa shape index (κ3) is 3.11. The summed E-state index contributed by atoms with van der Waals surface area (Å²) >= 11 is 0. The van der Waals surface area contributed by atoms with Crippen molar-refractivity contribution >= 4 is 5.69 Å². The van der Waals surface area contributed by atoms with E-state index in [1.54, 1.807) is 0 Å². The number of aryl methyl sites for hydroxylation is 2. The second-order valence-electron chi connectivity index (χ2n) is 5.93. The third-order valence-electron chi connectivity index (χ3n) is 4.44. The summed E-state index contributed by atoms with van der Waals surface area (Å²) in [6.45, 7) is 4.32. The van der Waals surface area contributed by atoms with Gasteiger partial charge in [-0.05, 0) is 44.0 Å². The summed E-state index contributed by atoms with van der Waals surface area (Å²) in [5.74, 6) is 0. The highest BCUT2D eigenvalue weighted by atomic mass is 15.2. The van der Waals surface area contributed by atoms with Crippen molar-refractivity contribution in [2.45, 2.75) is 25.8 Å². The quantitative estimate of drug-likeness (QED) is 0.918. The molecule has 1 unspecified atom stereocenters. The zero-order chi connectivity index (χ0) is 14.7. The summed E-state index contributed by atoms with van der Waals surface area (Å²) in [5, 5.41) is 3.47. The number of para-hydroxylation sites is 1. The van der Waals surface area contributed by atoms with Gasteiger partial charge >= 0.3 is 0 Å². The van der Waals surface area contributed by atoms with Crippen molar-refractivity contribution < 1.29 is 0 Å². The van der Waals surface area contributed by atoms with E-state index in [4.69, 9.17) is 0 Å². The predicted octanol–water partition coefficient (Wildman–Crippen LogP) is 3.71. The highest BCUT2D eigenvalue weighted by Gasteiger charge is 2.20. The van der Waals surface area contributed by atoms with Gasteiger partial charge in [0.2, 0.25) is 0 Å². The normalized spacial score (nSPS) is 15.6. The van der Waals surface area contributed by atoms with Crippen molar-refractivity contribution in [3.05, 3.63) is 65.2 Å². The predicted molar refractivity (Wildman–Crippen MR) is 90.0 cm³/mol. The Morgan fingerprint density at radius 2 is 1.86 bits per heavy atom. The lowest BCUT2D eigenvalue weighted by atomic mass is 9.99. The Morgan fingerprint density at radius 3 is 2.62 bits per heavy atom. The minimum absolute atomic E-state index is 0.372. The van der Waals surface area contributed by atoms with E-state index in [2.05, 4.69) is 72.7 Å². The van der Waals surface area contributed by atoms with Gasteiger partial charge in [0.15, 0.2) is 0 Å². The van der Waals surface area contributed by atoms with E-state index in [0.717, 1.165) is 13.1 Å². The Bertz CT molecular complexity index is 589. The first-order chi connectivity index (χ1) is 10.3. The molecule has 2 aromatic rings. The van der Waals surface area contributed by atoms with E-state index in [-0.39, 0.29) is 0 Å². The van der Waals surface area contributed by atoms with Gasteiger partial charge in [-0.15, -0.1) is 0 Å². The Morgan fingerprint density at radius 1 is 1.10 bits per heavy atom. The maximum Gasteiger partial charge on any atom is 0.0495 e. The molecule has 1 atom stereocenters. The molecule has 3 rings (SSSR count). The number of benzene rings is 2. The standard InChI is InChI=1S/C19H24N2/c1-15-9-11-16(12-10-15)18(20-2)14-21-13-5-7-17-6-3-4-8-19(17)21/h3-4,6,8-12,18,20H,5,7,13-14H2,1-2H3. The lowest BCUT2D eigenvalue weighted by Gasteiger charge is -2.34. The SMILES string of the molecule is CNC(CN1CCCc2ccccc21)c1ccc(C)cc1. The summed E-state index contributed by atoms with van der Waals surface area (Å²) in [7, 11) is 2.06. The number of fused-ring (bicyclic) bond motifs is 1. The molecule has 0 aromatic heterocycles. The lowest BCUT2D eigenvalue weighted by molar-refractivity contribution is 0.556. The summed E-state index contributed by atoms with van der Waals surface area (Å²) < 4.78 is 0. The second-order valence-corrected chi connectivity index (χ2v) is 5.93. The van der Waals surface area contributed by atoms with Gasteiger partial charge in [-0.25, -0.2) is 0 Å². The molecule has 1 aliphatic rings. The number of nitrogens with zero attached hydrogens (tertiary/aromatic N) is 1. The van der Waals surface area contributed by atoms with Crippen LogP contribution >= 0.6 is 0 Å². The van der Waals surface area contributed by atoms with Crippen LogP contribution in [0.15, 0.2) is 48.5 Å². The fourth-order valence-corrected chi connectivity index (χ4v) is 3.18. The molecule has 2 nitrogen and oxygen atoms in total. The van der Waals surface area contributed by atoms with Gasteiger partial charge in [-0.2, -0.15) is 0 Å². The van der Waals surface area contributed by atoms with Crippen LogP contribution in [0.2, 0.25) is 0 Å². The first-order valence-corrected chi connectivity index (χ1v) is 7.84. The Balaban J connectivity index is 1.80. The molecule has 21 heavy (non-hydrogen) atoms. The van der Waals surface area contributed by atoms with E-state index in [0.29, 0.717) is 6.04 Å². The van der Waals surface area contributed by atoms with Gasteiger partial charge in [0, 0.05) is 24.8 Å². The highest BCUT2D eigenvalue weighted by molar-refractivity contribution is 5.55. The number of nitrogens with one attached hydrogen (secondary N) is 1. The molecule has 0 bridgehead atoms. The van der Waals surface area contributed by atoms with Crippen LogP contribution in [0.4, 0.5) is 5.69 Å². The second kappa shape index (κ2) is 6.31. The molecular formula is C19H24N2. The maximum absolute atomic E-state index is 3.47. The van der Waals surface area contributed by atoms with E-state index in [9.17, 15) is 0 Å². The molecule has 110 valence electrons. The van der Waals surface area contributed by atoms with E-state index in [1.807, 2.05) is 0 Å². The Labute approximate surface area is 127 Å². The summed E-state index contributed by atoms with van der Waals surface area (Å²) in [4.78, 5) is 2.53. The lowest BCUT2D eigenvalue weighted by Crippen LogP contribution is -2.37. The largest absolute Gasteiger partial charge is 0.369 e. The third-order valence-corrected chi connectivity index (χ3v) is 4.44. The van der Waals surface area contributed by atoms with Gasteiger partial charge < -0.3 is 10.2 Å². The molecule has 0 radical (unpaired) electrons. The molecule has 2 aromatic carbocycles. The average molecular weight is 280 g/mol. The fraction of sp³-hybridized carbons (Fsp3) is 0.368. The van der Waals surface area contributed by atoms with Crippen LogP contribution in [-0.4, -0.2) is 20.1 Å². The first kappa shape index (κ1) is 14.2. The van der Waals surface area contributed by atoms with E-state index < -0.39 is 0 Å². The van der Waals surface area contributed by atoms with Crippen molar-refractivity contribution in [1.29, 1.82) is 0 Å². The maximum atomic E-state index is 3.47. The number of hydrogen-bond acceptors (Lipinski definition) is 2. The number of likely N-dealkylation sites (N-methyl/N-ethyl adjacent to an activating group) is 1.